The zero-order valence-electron chi connectivity index (χ0n) is 18.0. The minimum atomic E-state index is -0.489. The van der Waals surface area contributed by atoms with Crippen LogP contribution in [0.4, 0.5) is 0 Å². The van der Waals surface area contributed by atoms with E-state index >= 15 is 0 Å². The average molecular weight is 411 g/mol. The van der Waals surface area contributed by atoms with Gasteiger partial charge in [-0.2, -0.15) is 5.10 Å². The fourth-order valence-electron chi connectivity index (χ4n) is 4.25. The second-order valence-electron chi connectivity index (χ2n) is 8.52. The Morgan fingerprint density at radius 2 is 2.07 bits per heavy atom. The third-order valence-electron chi connectivity index (χ3n) is 5.75. The van der Waals surface area contributed by atoms with Crippen LogP contribution in [0.15, 0.2) is 29.1 Å². The van der Waals surface area contributed by atoms with Crippen molar-refractivity contribution in [1.82, 2.24) is 29.2 Å². The van der Waals surface area contributed by atoms with Crippen molar-refractivity contribution in [2.45, 2.75) is 58.5 Å². The summed E-state index contributed by atoms with van der Waals surface area (Å²) in [6, 6.07) is 7.51. The van der Waals surface area contributed by atoms with Crippen LogP contribution in [-0.2, 0) is 31.2 Å². The summed E-state index contributed by atoms with van der Waals surface area (Å²) in [5.41, 5.74) is 1.87. The highest BCUT2D eigenvalue weighted by Crippen LogP contribution is 2.22. The first-order chi connectivity index (χ1) is 14.5. The first-order valence-electron chi connectivity index (χ1n) is 10.8. The largest absolute Gasteiger partial charge is 0.354 e. The number of aromatic nitrogens is 5. The maximum Gasteiger partial charge on any atom is 0.346 e. The van der Waals surface area contributed by atoms with Crippen LogP contribution in [0.3, 0.4) is 0 Å². The smallest absolute Gasteiger partial charge is 0.346 e. The second kappa shape index (κ2) is 8.45. The monoisotopic (exact) mass is 410 g/mol. The van der Waals surface area contributed by atoms with Crippen LogP contribution >= 0.6 is 0 Å². The topological polar surface area (TPSA) is 86.7 Å². The molecule has 0 spiro atoms. The van der Waals surface area contributed by atoms with Crippen molar-refractivity contribution in [2.75, 3.05) is 6.54 Å². The number of aryl methyl sites for hydroxylation is 2. The highest BCUT2D eigenvalue weighted by molar-refractivity contribution is 5.80. The summed E-state index contributed by atoms with van der Waals surface area (Å²) in [6.07, 6.45) is 3.90. The Kier molecular flexibility index (Phi) is 5.74. The molecule has 8 heteroatoms. The van der Waals surface area contributed by atoms with Crippen molar-refractivity contribution in [2.24, 2.45) is 13.0 Å². The molecule has 1 unspecified atom stereocenters. The highest BCUT2D eigenvalue weighted by atomic mass is 16.2. The first-order valence-corrected chi connectivity index (χ1v) is 10.8. The van der Waals surface area contributed by atoms with E-state index in [1.807, 2.05) is 31.3 Å². The van der Waals surface area contributed by atoms with E-state index in [0.29, 0.717) is 31.8 Å². The number of rotatable bonds is 6. The van der Waals surface area contributed by atoms with E-state index in [9.17, 15) is 9.59 Å². The lowest BCUT2D eigenvalue weighted by Gasteiger charge is -2.16. The molecule has 3 heterocycles. The third kappa shape index (κ3) is 3.91. The summed E-state index contributed by atoms with van der Waals surface area (Å²) in [7, 11) is 1.99. The standard InChI is InChI=1S/C22H30N6O2/c1-15(2)14-27-22(30)28-18(10-6-7-11-20(28)25-27)21(29)23-13-12-19-24-16-8-4-5-9-17(16)26(19)3/h4-5,8-9,15,18H,6-7,10-14H2,1-3H3,(H,23,29). The summed E-state index contributed by atoms with van der Waals surface area (Å²) in [5, 5.41) is 7.55. The molecule has 3 aromatic rings. The molecule has 1 N–H and O–H groups in total. The lowest BCUT2D eigenvalue weighted by Crippen LogP contribution is -2.39. The van der Waals surface area contributed by atoms with Gasteiger partial charge in [0.15, 0.2) is 0 Å². The first kappa shape index (κ1) is 20.4. The van der Waals surface area contributed by atoms with Gasteiger partial charge in [-0.25, -0.2) is 14.5 Å². The van der Waals surface area contributed by atoms with E-state index in [4.69, 9.17) is 0 Å². The van der Waals surface area contributed by atoms with E-state index in [1.54, 1.807) is 4.57 Å². The van der Waals surface area contributed by atoms with Gasteiger partial charge in [0.1, 0.15) is 17.7 Å². The molecule has 8 nitrogen and oxygen atoms in total. The van der Waals surface area contributed by atoms with Crippen LogP contribution in [0, 0.1) is 5.92 Å². The van der Waals surface area contributed by atoms with E-state index in [1.165, 1.54) is 4.68 Å². The van der Waals surface area contributed by atoms with Gasteiger partial charge in [-0.05, 0) is 30.9 Å². The van der Waals surface area contributed by atoms with Crippen molar-refractivity contribution in [3.63, 3.8) is 0 Å². The normalized spacial score (nSPS) is 16.6. The van der Waals surface area contributed by atoms with Crippen LogP contribution in [-0.4, -0.2) is 36.4 Å². The third-order valence-corrected chi connectivity index (χ3v) is 5.75. The molecule has 0 saturated heterocycles. The number of amides is 1. The number of carbonyl (C=O) groups is 1. The van der Waals surface area contributed by atoms with E-state index in [0.717, 1.165) is 41.9 Å². The molecule has 2 aromatic heterocycles. The van der Waals surface area contributed by atoms with Crippen LogP contribution in [0.2, 0.25) is 0 Å². The molecule has 0 saturated carbocycles. The number of benzene rings is 1. The van der Waals surface area contributed by atoms with Gasteiger partial charge >= 0.3 is 5.69 Å². The minimum Gasteiger partial charge on any atom is -0.354 e. The van der Waals surface area contributed by atoms with Gasteiger partial charge in [0.05, 0.1) is 11.0 Å². The number of hydrogen-bond acceptors (Lipinski definition) is 4. The average Bonchev–Trinajstić information content (AvgIpc) is 3.09. The van der Waals surface area contributed by atoms with Gasteiger partial charge in [-0.15, -0.1) is 0 Å². The fraction of sp³-hybridized carbons (Fsp3) is 0.545. The maximum absolute atomic E-state index is 13.0. The summed E-state index contributed by atoms with van der Waals surface area (Å²) in [4.78, 5) is 30.6. The molecule has 0 fully saturated rings. The van der Waals surface area contributed by atoms with E-state index in [2.05, 4.69) is 33.8 Å². The van der Waals surface area contributed by atoms with Gasteiger partial charge in [-0.1, -0.05) is 32.4 Å². The maximum atomic E-state index is 13.0. The predicted molar refractivity (Wildman–Crippen MR) is 115 cm³/mol. The van der Waals surface area contributed by atoms with Gasteiger partial charge in [0, 0.05) is 33.0 Å². The Labute approximate surface area is 175 Å². The molecule has 160 valence electrons. The summed E-state index contributed by atoms with van der Waals surface area (Å²) in [5.74, 6) is 1.87. The van der Waals surface area contributed by atoms with Crippen LogP contribution in [0.5, 0.6) is 0 Å². The van der Waals surface area contributed by atoms with Gasteiger partial charge in [0.2, 0.25) is 5.91 Å². The molecule has 1 aliphatic heterocycles. The molecule has 0 aliphatic carbocycles. The number of fused-ring (bicyclic) bond motifs is 2. The van der Waals surface area contributed by atoms with Crippen molar-refractivity contribution >= 4 is 16.9 Å². The summed E-state index contributed by atoms with van der Waals surface area (Å²) in [6.45, 7) is 5.17. The molecule has 1 aliphatic rings. The molecule has 0 bridgehead atoms. The van der Waals surface area contributed by atoms with Crippen molar-refractivity contribution < 1.29 is 4.79 Å². The number of nitrogens with zero attached hydrogens (tertiary/aromatic N) is 5. The lowest BCUT2D eigenvalue weighted by atomic mass is 10.1. The van der Waals surface area contributed by atoms with Crippen LogP contribution in [0.25, 0.3) is 11.0 Å². The van der Waals surface area contributed by atoms with Crippen molar-refractivity contribution in [1.29, 1.82) is 0 Å². The zero-order valence-corrected chi connectivity index (χ0v) is 18.0. The highest BCUT2D eigenvalue weighted by Gasteiger charge is 2.29. The molecule has 1 atom stereocenters. The fourth-order valence-corrected chi connectivity index (χ4v) is 4.25. The quantitative estimate of drug-likeness (QED) is 0.675. The molecule has 30 heavy (non-hydrogen) atoms. The van der Waals surface area contributed by atoms with Gasteiger partial charge in [0.25, 0.3) is 0 Å². The van der Waals surface area contributed by atoms with Crippen LogP contribution < -0.4 is 11.0 Å². The summed E-state index contributed by atoms with van der Waals surface area (Å²) >= 11 is 0. The number of nitrogens with one attached hydrogen (secondary N) is 1. The summed E-state index contributed by atoms with van der Waals surface area (Å²) < 4.78 is 5.20. The SMILES string of the molecule is CC(C)Cn1nc2n(c1=O)C(C(=O)NCCc1nc3ccccc3n1C)CCCC2. The molecular weight excluding hydrogens is 380 g/mol. The van der Waals surface area contributed by atoms with Crippen molar-refractivity contribution in [3.8, 4) is 0 Å². The zero-order chi connectivity index (χ0) is 21.3. The number of carbonyl (C=O) groups excluding carboxylic acids is 1. The number of imidazole rings is 1. The minimum absolute atomic E-state index is 0.108. The molecule has 4 rings (SSSR count). The molecule has 1 amide bonds. The van der Waals surface area contributed by atoms with E-state index in [-0.39, 0.29) is 11.6 Å². The molecule has 0 radical (unpaired) electrons. The Hall–Kier alpha value is -2.90. The Balaban J connectivity index is 1.47. The predicted octanol–water partition coefficient (Wildman–Crippen LogP) is 2.21. The van der Waals surface area contributed by atoms with Crippen LogP contribution in [0.1, 0.15) is 50.8 Å². The lowest BCUT2D eigenvalue weighted by molar-refractivity contribution is -0.124. The van der Waals surface area contributed by atoms with E-state index < -0.39 is 6.04 Å². The van der Waals surface area contributed by atoms with Crippen molar-refractivity contribution in [3.05, 3.63) is 46.4 Å². The Morgan fingerprint density at radius 3 is 2.83 bits per heavy atom. The number of para-hydroxylation sites is 2. The second-order valence-corrected chi connectivity index (χ2v) is 8.52. The molecular formula is C22H30N6O2. The van der Waals surface area contributed by atoms with Gasteiger partial charge < -0.3 is 9.88 Å². The molecule has 1 aromatic carbocycles. The van der Waals surface area contributed by atoms with Gasteiger partial charge in [-0.3, -0.25) is 9.36 Å². The Morgan fingerprint density at radius 1 is 1.27 bits per heavy atom. The number of hydrogen-bond donors (Lipinski definition) is 1. The Bertz CT molecular complexity index is 1110.